The van der Waals surface area contributed by atoms with Gasteiger partial charge in [0, 0.05) is 0 Å². The fourth-order valence-electron chi connectivity index (χ4n) is 2.82. The van der Waals surface area contributed by atoms with Crippen LogP contribution in [0.3, 0.4) is 0 Å². The third kappa shape index (κ3) is 2.56. The van der Waals surface area contributed by atoms with Crippen molar-refractivity contribution in [1.29, 1.82) is 0 Å². The molecule has 1 atom stereocenters. The average Bonchev–Trinajstić information content (AvgIpc) is 2.42. The Balaban J connectivity index is 2.00. The van der Waals surface area contributed by atoms with Crippen molar-refractivity contribution >= 4 is 0 Å². The summed E-state index contributed by atoms with van der Waals surface area (Å²) in [6, 6.07) is 8.96. The standard InChI is InChI=1S/C17H16F3N/c18-14-8-11(9-15(19)16(14)20)17(21)13-7-2-1-6-12(13)10-4-3-5-10/h1-2,6-10,17H,3-5,21H2. The average molecular weight is 291 g/mol. The van der Waals surface area contributed by atoms with Crippen LogP contribution in [-0.4, -0.2) is 0 Å². The van der Waals surface area contributed by atoms with Crippen LogP contribution in [0.2, 0.25) is 0 Å². The van der Waals surface area contributed by atoms with Gasteiger partial charge < -0.3 is 5.73 Å². The molecule has 1 aliphatic rings. The van der Waals surface area contributed by atoms with E-state index in [1.807, 2.05) is 24.3 Å². The lowest BCUT2D eigenvalue weighted by molar-refractivity contribution is 0.416. The molecule has 0 aromatic heterocycles. The second-order valence-electron chi connectivity index (χ2n) is 5.53. The molecule has 0 amide bonds. The minimum absolute atomic E-state index is 0.248. The molecule has 4 heteroatoms. The maximum atomic E-state index is 13.4. The first kappa shape index (κ1) is 14.1. The summed E-state index contributed by atoms with van der Waals surface area (Å²) < 4.78 is 39.8. The zero-order valence-corrected chi connectivity index (χ0v) is 11.5. The van der Waals surface area contributed by atoms with Crippen molar-refractivity contribution in [1.82, 2.24) is 0 Å². The van der Waals surface area contributed by atoms with E-state index in [-0.39, 0.29) is 5.56 Å². The quantitative estimate of drug-likeness (QED) is 0.832. The molecule has 110 valence electrons. The molecule has 1 aliphatic carbocycles. The maximum absolute atomic E-state index is 13.4. The van der Waals surface area contributed by atoms with Crippen LogP contribution in [0.1, 0.15) is 47.9 Å². The van der Waals surface area contributed by atoms with Gasteiger partial charge >= 0.3 is 0 Å². The van der Waals surface area contributed by atoms with Crippen molar-refractivity contribution in [2.24, 2.45) is 5.73 Å². The highest BCUT2D eigenvalue weighted by atomic mass is 19.2. The predicted molar refractivity (Wildman–Crippen MR) is 75.4 cm³/mol. The number of nitrogens with two attached hydrogens (primary N) is 1. The van der Waals surface area contributed by atoms with Gasteiger partial charge in [-0.3, -0.25) is 0 Å². The van der Waals surface area contributed by atoms with Gasteiger partial charge in [-0.25, -0.2) is 13.2 Å². The van der Waals surface area contributed by atoms with E-state index in [2.05, 4.69) is 0 Å². The Bertz CT molecular complexity index is 642. The molecule has 0 spiro atoms. The van der Waals surface area contributed by atoms with Gasteiger partial charge in [-0.2, -0.15) is 0 Å². The number of hydrogen-bond donors (Lipinski definition) is 1. The molecule has 0 aliphatic heterocycles. The first-order valence-electron chi connectivity index (χ1n) is 7.06. The summed E-state index contributed by atoms with van der Waals surface area (Å²) in [6.45, 7) is 0. The third-order valence-electron chi connectivity index (χ3n) is 4.24. The van der Waals surface area contributed by atoms with Gasteiger partial charge in [0.2, 0.25) is 0 Å². The van der Waals surface area contributed by atoms with Gasteiger partial charge in [0.05, 0.1) is 6.04 Å². The number of halogens is 3. The molecule has 1 fully saturated rings. The minimum Gasteiger partial charge on any atom is -0.320 e. The van der Waals surface area contributed by atoms with Gasteiger partial charge in [0.25, 0.3) is 0 Å². The fourth-order valence-corrected chi connectivity index (χ4v) is 2.82. The summed E-state index contributed by atoms with van der Waals surface area (Å²) in [5.74, 6) is -3.41. The summed E-state index contributed by atoms with van der Waals surface area (Å²) in [4.78, 5) is 0. The highest BCUT2D eigenvalue weighted by Crippen LogP contribution is 2.40. The Kier molecular flexibility index (Phi) is 3.72. The molecular formula is C17H16F3N. The molecule has 1 nitrogen and oxygen atoms in total. The van der Waals surface area contributed by atoms with E-state index in [0.29, 0.717) is 5.92 Å². The van der Waals surface area contributed by atoms with E-state index in [4.69, 9.17) is 5.73 Å². The maximum Gasteiger partial charge on any atom is 0.194 e. The third-order valence-corrected chi connectivity index (χ3v) is 4.24. The van der Waals surface area contributed by atoms with Crippen LogP contribution in [0.15, 0.2) is 36.4 Å². The van der Waals surface area contributed by atoms with E-state index in [0.717, 1.165) is 36.1 Å². The topological polar surface area (TPSA) is 26.0 Å². The largest absolute Gasteiger partial charge is 0.320 e. The summed E-state index contributed by atoms with van der Waals surface area (Å²) in [7, 11) is 0. The summed E-state index contributed by atoms with van der Waals surface area (Å²) in [5, 5.41) is 0. The lowest BCUT2D eigenvalue weighted by Gasteiger charge is -2.29. The van der Waals surface area contributed by atoms with Gasteiger partial charge in [0.1, 0.15) is 0 Å². The second-order valence-corrected chi connectivity index (χ2v) is 5.53. The van der Waals surface area contributed by atoms with Gasteiger partial charge in [0.15, 0.2) is 17.5 Å². The lowest BCUT2D eigenvalue weighted by atomic mass is 9.76. The second kappa shape index (κ2) is 5.53. The normalized spacial score (nSPS) is 16.6. The van der Waals surface area contributed by atoms with Crippen molar-refractivity contribution in [3.8, 4) is 0 Å². The van der Waals surface area contributed by atoms with Gasteiger partial charge in [-0.1, -0.05) is 30.7 Å². The van der Waals surface area contributed by atoms with Crippen molar-refractivity contribution < 1.29 is 13.2 Å². The summed E-state index contributed by atoms with van der Waals surface area (Å²) in [6.07, 6.45) is 3.40. The molecule has 2 aromatic carbocycles. The molecule has 0 heterocycles. The Morgan fingerprint density at radius 1 is 1.00 bits per heavy atom. The van der Waals surface area contributed by atoms with E-state index < -0.39 is 23.5 Å². The summed E-state index contributed by atoms with van der Waals surface area (Å²) in [5.41, 5.74) is 8.39. The molecule has 1 unspecified atom stereocenters. The first-order chi connectivity index (χ1) is 10.1. The van der Waals surface area contributed by atoms with Crippen molar-refractivity contribution in [2.45, 2.75) is 31.2 Å². The van der Waals surface area contributed by atoms with Crippen LogP contribution in [0.4, 0.5) is 13.2 Å². The van der Waals surface area contributed by atoms with E-state index in [9.17, 15) is 13.2 Å². The van der Waals surface area contributed by atoms with Crippen LogP contribution in [0, 0.1) is 17.5 Å². The smallest absolute Gasteiger partial charge is 0.194 e. The molecule has 2 aromatic rings. The Morgan fingerprint density at radius 3 is 2.19 bits per heavy atom. The highest BCUT2D eigenvalue weighted by Gasteiger charge is 2.25. The molecule has 2 N–H and O–H groups in total. The molecule has 21 heavy (non-hydrogen) atoms. The van der Waals surface area contributed by atoms with E-state index in [1.165, 1.54) is 6.42 Å². The number of hydrogen-bond acceptors (Lipinski definition) is 1. The van der Waals surface area contributed by atoms with Crippen LogP contribution in [0.5, 0.6) is 0 Å². The van der Waals surface area contributed by atoms with Crippen molar-refractivity contribution in [2.75, 3.05) is 0 Å². The van der Waals surface area contributed by atoms with Crippen molar-refractivity contribution in [3.63, 3.8) is 0 Å². The Morgan fingerprint density at radius 2 is 1.62 bits per heavy atom. The zero-order chi connectivity index (χ0) is 15.0. The van der Waals surface area contributed by atoms with Gasteiger partial charge in [-0.05, 0) is 47.6 Å². The zero-order valence-electron chi connectivity index (χ0n) is 11.5. The molecule has 0 bridgehead atoms. The molecule has 3 rings (SSSR count). The van der Waals surface area contributed by atoms with Crippen LogP contribution in [-0.2, 0) is 0 Å². The molecular weight excluding hydrogens is 275 g/mol. The Hall–Kier alpha value is -1.81. The van der Waals surface area contributed by atoms with Crippen LogP contribution < -0.4 is 5.73 Å². The van der Waals surface area contributed by atoms with E-state index >= 15 is 0 Å². The minimum atomic E-state index is -1.46. The molecule has 0 saturated heterocycles. The molecule has 1 saturated carbocycles. The van der Waals surface area contributed by atoms with Crippen LogP contribution >= 0.6 is 0 Å². The van der Waals surface area contributed by atoms with E-state index in [1.54, 1.807) is 0 Å². The lowest BCUT2D eigenvalue weighted by Crippen LogP contribution is -2.19. The number of benzene rings is 2. The van der Waals surface area contributed by atoms with Crippen molar-refractivity contribution in [3.05, 3.63) is 70.5 Å². The highest BCUT2D eigenvalue weighted by molar-refractivity contribution is 5.40. The molecule has 0 radical (unpaired) electrons. The fraction of sp³-hybridized carbons (Fsp3) is 0.294. The predicted octanol–water partition coefficient (Wildman–Crippen LogP) is 4.42. The summed E-state index contributed by atoms with van der Waals surface area (Å²) >= 11 is 0. The van der Waals surface area contributed by atoms with Crippen LogP contribution in [0.25, 0.3) is 0 Å². The number of rotatable bonds is 3. The SMILES string of the molecule is NC(c1cc(F)c(F)c(F)c1)c1ccccc1C1CCC1. The Labute approximate surface area is 121 Å². The van der Waals surface area contributed by atoms with Gasteiger partial charge in [-0.15, -0.1) is 0 Å². The first-order valence-corrected chi connectivity index (χ1v) is 7.06. The monoisotopic (exact) mass is 291 g/mol.